The van der Waals surface area contributed by atoms with Crippen molar-refractivity contribution < 1.29 is 23.9 Å². The highest BCUT2D eigenvalue weighted by molar-refractivity contribution is 5.89. The first-order valence-electron chi connectivity index (χ1n) is 9.86. The van der Waals surface area contributed by atoms with Crippen LogP contribution < -0.4 is 0 Å². The van der Waals surface area contributed by atoms with Crippen LogP contribution in [0, 0.1) is 24.2 Å². The van der Waals surface area contributed by atoms with Gasteiger partial charge in [0.15, 0.2) is 6.61 Å². The Morgan fingerprint density at radius 2 is 1.50 bits per heavy atom. The zero-order chi connectivity index (χ0) is 21.9. The Labute approximate surface area is 169 Å². The molecular weight excluding hydrogens is 360 g/mol. The van der Waals surface area contributed by atoms with Gasteiger partial charge in [-0.25, -0.2) is 9.59 Å². The summed E-state index contributed by atoms with van der Waals surface area (Å²) in [6, 6.07) is -1.52. The van der Waals surface area contributed by atoms with E-state index in [2.05, 4.69) is 12.8 Å². The van der Waals surface area contributed by atoms with Crippen molar-refractivity contribution in [3.8, 4) is 12.3 Å². The summed E-state index contributed by atoms with van der Waals surface area (Å²) < 4.78 is 10.3. The van der Waals surface area contributed by atoms with Crippen molar-refractivity contribution in [3.63, 3.8) is 0 Å². The molecule has 28 heavy (non-hydrogen) atoms. The highest BCUT2D eigenvalue weighted by atomic mass is 16.6. The minimum Gasteiger partial charge on any atom is -0.464 e. The van der Waals surface area contributed by atoms with Gasteiger partial charge < -0.3 is 14.4 Å². The van der Waals surface area contributed by atoms with Crippen molar-refractivity contribution in [2.45, 2.75) is 66.0 Å². The van der Waals surface area contributed by atoms with Crippen molar-refractivity contribution in [2.75, 3.05) is 27.3 Å². The molecule has 0 heterocycles. The lowest BCUT2D eigenvalue weighted by molar-refractivity contribution is -0.158. The third-order valence-corrected chi connectivity index (χ3v) is 4.50. The van der Waals surface area contributed by atoms with Crippen molar-refractivity contribution in [1.29, 1.82) is 0 Å². The highest BCUT2D eigenvalue weighted by Gasteiger charge is 2.38. The second-order valence-corrected chi connectivity index (χ2v) is 7.57. The number of rotatable bonds is 11. The van der Waals surface area contributed by atoms with Gasteiger partial charge in [0.25, 0.3) is 0 Å². The number of terminal acetylenes is 1. The Bertz CT molecular complexity index is 553. The average Bonchev–Trinajstić information content (AvgIpc) is 2.62. The van der Waals surface area contributed by atoms with Gasteiger partial charge >= 0.3 is 12.1 Å². The topological polar surface area (TPSA) is 76.2 Å². The van der Waals surface area contributed by atoms with Gasteiger partial charge in [-0.1, -0.05) is 53.4 Å². The maximum absolute atomic E-state index is 13.2. The van der Waals surface area contributed by atoms with Gasteiger partial charge in [0.2, 0.25) is 5.91 Å². The summed E-state index contributed by atoms with van der Waals surface area (Å²) in [7, 11) is 3.05. The molecule has 0 spiro atoms. The molecular formula is C21H36N2O5. The number of unbranched alkanes of at least 4 members (excludes halogenated alkanes) is 2. The summed E-state index contributed by atoms with van der Waals surface area (Å²) in [6.07, 6.45) is 7.24. The monoisotopic (exact) mass is 396 g/mol. The molecule has 160 valence electrons. The normalized spacial score (nSPS) is 12.9. The molecule has 7 nitrogen and oxygen atoms in total. The predicted octanol–water partition coefficient (Wildman–Crippen LogP) is 2.93. The van der Waals surface area contributed by atoms with Crippen LogP contribution in [0.15, 0.2) is 0 Å². The van der Waals surface area contributed by atoms with E-state index in [1.807, 2.05) is 27.7 Å². The van der Waals surface area contributed by atoms with Crippen LogP contribution in [0.5, 0.6) is 0 Å². The lowest BCUT2D eigenvalue weighted by Gasteiger charge is -2.36. The summed E-state index contributed by atoms with van der Waals surface area (Å²) in [4.78, 5) is 40.5. The Kier molecular flexibility index (Phi) is 12.0. The molecule has 0 aliphatic carbocycles. The van der Waals surface area contributed by atoms with Crippen LogP contribution in [-0.4, -0.2) is 67.2 Å². The number of amides is 2. The third kappa shape index (κ3) is 7.79. The molecule has 2 amide bonds. The zero-order valence-electron chi connectivity index (χ0n) is 18.4. The first-order chi connectivity index (χ1) is 13.1. The van der Waals surface area contributed by atoms with Gasteiger partial charge in [0, 0.05) is 14.1 Å². The van der Waals surface area contributed by atoms with E-state index in [-0.39, 0.29) is 24.3 Å². The summed E-state index contributed by atoms with van der Waals surface area (Å²) in [5.74, 6) is 1.12. The van der Waals surface area contributed by atoms with Crippen molar-refractivity contribution in [1.82, 2.24) is 9.80 Å². The van der Waals surface area contributed by atoms with Gasteiger partial charge in [-0.3, -0.25) is 9.69 Å². The maximum atomic E-state index is 13.2. The lowest BCUT2D eigenvalue weighted by Crippen LogP contribution is -2.56. The molecule has 2 atom stereocenters. The molecule has 0 aliphatic heterocycles. The standard InChI is InChI=1S/C21H36N2O5/c1-9-11-12-14-27-20(25)18(16(5)6)22(7)19(24)17(15(3)4)23(8)21(26)28-13-10-2/h2,15-18H,9,11-14H2,1,3-8H3. The third-order valence-electron chi connectivity index (χ3n) is 4.50. The largest absolute Gasteiger partial charge is 0.464 e. The van der Waals surface area contributed by atoms with Crippen LogP contribution in [0.3, 0.4) is 0 Å². The van der Waals surface area contributed by atoms with Crippen molar-refractivity contribution in [3.05, 3.63) is 0 Å². The molecule has 0 saturated carbocycles. The predicted molar refractivity (Wildman–Crippen MR) is 108 cm³/mol. The first-order valence-corrected chi connectivity index (χ1v) is 9.86. The second kappa shape index (κ2) is 13.0. The van der Waals surface area contributed by atoms with E-state index >= 15 is 0 Å². The zero-order valence-corrected chi connectivity index (χ0v) is 18.4. The van der Waals surface area contributed by atoms with Crippen LogP contribution in [-0.2, 0) is 19.1 Å². The number of esters is 1. The minimum absolute atomic E-state index is 0.140. The summed E-state index contributed by atoms with van der Waals surface area (Å²) in [5, 5.41) is 0. The second-order valence-electron chi connectivity index (χ2n) is 7.57. The van der Waals surface area contributed by atoms with Crippen LogP contribution in [0.2, 0.25) is 0 Å². The Hall–Kier alpha value is -2.23. The van der Waals surface area contributed by atoms with E-state index < -0.39 is 24.1 Å². The highest BCUT2D eigenvalue weighted by Crippen LogP contribution is 2.19. The molecule has 0 bridgehead atoms. The Morgan fingerprint density at radius 3 is 1.96 bits per heavy atom. The molecule has 0 aromatic carbocycles. The molecule has 0 fully saturated rings. The summed E-state index contributed by atoms with van der Waals surface area (Å²) in [5.41, 5.74) is 0. The van der Waals surface area contributed by atoms with E-state index in [0.29, 0.717) is 6.61 Å². The number of carbonyl (C=O) groups is 3. The number of carbonyl (C=O) groups excluding carboxylic acids is 3. The van der Waals surface area contributed by atoms with Gasteiger partial charge in [0.05, 0.1) is 6.61 Å². The lowest BCUT2D eigenvalue weighted by atomic mass is 9.98. The first kappa shape index (κ1) is 25.8. The number of nitrogens with zero attached hydrogens (tertiary/aromatic N) is 2. The summed E-state index contributed by atoms with van der Waals surface area (Å²) in [6.45, 7) is 9.61. The SMILES string of the molecule is C#CCOC(=O)N(C)C(C(=O)N(C)C(C(=O)OCCCCC)C(C)C)C(C)C. The van der Waals surface area contributed by atoms with E-state index in [4.69, 9.17) is 15.9 Å². The van der Waals surface area contributed by atoms with Crippen LogP contribution in [0.4, 0.5) is 4.79 Å². The average molecular weight is 397 g/mol. The smallest absolute Gasteiger partial charge is 0.411 e. The van der Waals surface area contributed by atoms with Crippen LogP contribution >= 0.6 is 0 Å². The Balaban J connectivity index is 5.34. The quantitative estimate of drug-likeness (QED) is 0.305. The fourth-order valence-corrected chi connectivity index (χ4v) is 3.05. The van der Waals surface area contributed by atoms with Crippen molar-refractivity contribution in [2.24, 2.45) is 11.8 Å². The Morgan fingerprint density at radius 1 is 0.929 bits per heavy atom. The van der Waals surface area contributed by atoms with Gasteiger partial charge in [-0.2, -0.15) is 0 Å². The molecule has 0 saturated heterocycles. The molecule has 0 rings (SSSR count). The van der Waals surface area contributed by atoms with E-state index in [0.717, 1.165) is 19.3 Å². The minimum atomic E-state index is -0.788. The molecule has 2 unspecified atom stereocenters. The number of likely N-dealkylation sites (N-methyl/N-ethyl adjacent to an activating group) is 2. The number of hydrogen-bond donors (Lipinski definition) is 0. The maximum Gasteiger partial charge on any atom is 0.411 e. The molecule has 0 N–H and O–H groups in total. The summed E-state index contributed by atoms with van der Waals surface area (Å²) >= 11 is 0. The van der Waals surface area contributed by atoms with Crippen LogP contribution in [0.25, 0.3) is 0 Å². The fraction of sp³-hybridized carbons (Fsp3) is 0.762. The van der Waals surface area contributed by atoms with E-state index in [1.54, 1.807) is 7.05 Å². The molecule has 0 aliphatic rings. The molecule has 0 aromatic heterocycles. The number of hydrogen-bond acceptors (Lipinski definition) is 5. The fourth-order valence-electron chi connectivity index (χ4n) is 3.05. The van der Waals surface area contributed by atoms with E-state index in [9.17, 15) is 14.4 Å². The van der Waals surface area contributed by atoms with Crippen LogP contribution in [0.1, 0.15) is 53.9 Å². The molecule has 7 heteroatoms. The van der Waals surface area contributed by atoms with Gasteiger partial charge in [-0.05, 0) is 18.3 Å². The van der Waals surface area contributed by atoms with Gasteiger partial charge in [-0.15, -0.1) is 6.42 Å². The van der Waals surface area contributed by atoms with Gasteiger partial charge in [0.1, 0.15) is 12.1 Å². The van der Waals surface area contributed by atoms with Crippen molar-refractivity contribution >= 4 is 18.0 Å². The van der Waals surface area contributed by atoms with E-state index in [1.165, 1.54) is 16.8 Å². The number of ether oxygens (including phenoxy) is 2. The molecule has 0 aromatic rings. The molecule has 0 radical (unpaired) electrons.